The summed E-state index contributed by atoms with van der Waals surface area (Å²) in [6.07, 6.45) is 1.11. The molecule has 4 N–H and O–H groups in total. The van der Waals surface area contributed by atoms with E-state index in [1.807, 2.05) is 0 Å². The highest BCUT2D eigenvalue weighted by Crippen LogP contribution is 2.57. The van der Waals surface area contributed by atoms with Gasteiger partial charge in [-0.05, 0) is 34.6 Å². The number of hydrogen-bond donors (Lipinski definition) is 4. The zero-order chi connectivity index (χ0) is 26.5. The van der Waals surface area contributed by atoms with Crippen LogP contribution in [0.4, 0.5) is 0 Å². The third-order valence-electron chi connectivity index (χ3n) is 6.28. The van der Waals surface area contributed by atoms with Gasteiger partial charge >= 0.3 is 0 Å². The molecule has 0 saturated carbocycles. The smallest absolute Gasteiger partial charge is 0.246 e. The molecule has 1 aromatic heterocycles. The van der Waals surface area contributed by atoms with Crippen LogP contribution in [0.2, 0.25) is 0 Å². The average molecular weight is 496 g/mol. The Morgan fingerprint density at radius 3 is 2.42 bits per heavy atom. The average Bonchev–Trinajstić information content (AvgIpc) is 3.35. The molecule has 1 amide bonds. The summed E-state index contributed by atoms with van der Waals surface area (Å²) in [7, 11) is 0. The van der Waals surface area contributed by atoms with E-state index < -0.39 is 40.2 Å². The van der Waals surface area contributed by atoms with E-state index in [0.717, 1.165) is 6.08 Å². The first kappa shape index (κ1) is 24.6. The molecule has 36 heavy (non-hydrogen) atoms. The van der Waals surface area contributed by atoms with Crippen LogP contribution in [-0.4, -0.2) is 50.2 Å². The highest BCUT2D eigenvalue weighted by molar-refractivity contribution is 6.31. The molecular weight excluding hydrogens is 472 g/mol. The molecule has 1 aliphatic carbocycles. The van der Waals surface area contributed by atoms with Gasteiger partial charge in [0.05, 0.1) is 24.2 Å². The van der Waals surface area contributed by atoms with Crippen molar-refractivity contribution in [3.05, 3.63) is 51.5 Å². The summed E-state index contributed by atoms with van der Waals surface area (Å²) in [5.74, 6) is -2.81. The maximum absolute atomic E-state index is 13.7. The van der Waals surface area contributed by atoms with Crippen molar-refractivity contribution in [1.82, 2.24) is 20.8 Å². The number of aryl methyl sites for hydroxylation is 1. The number of ether oxygens (including phenoxy) is 1. The highest BCUT2D eigenvalue weighted by atomic mass is 16.5. The number of rotatable bonds is 6. The number of fused-ring (bicyclic) bond motifs is 3. The van der Waals surface area contributed by atoms with Gasteiger partial charge in [-0.15, -0.1) is 0 Å². The molecule has 0 fully saturated rings. The van der Waals surface area contributed by atoms with Gasteiger partial charge in [0.1, 0.15) is 34.0 Å². The molecule has 2 aliphatic rings. The van der Waals surface area contributed by atoms with Gasteiger partial charge in [0.25, 0.3) is 0 Å². The topological polar surface area (TPSA) is 181 Å². The number of nitrogens with zero attached hydrogens (tertiary/aromatic N) is 2. The van der Waals surface area contributed by atoms with Crippen molar-refractivity contribution in [2.75, 3.05) is 6.54 Å². The number of hydrogen-bond acceptors (Lipinski definition) is 11. The summed E-state index contributed by atoms with van der Waals surface area (Å²) in [5.41, 5.74) is -1.92. The van der Waals surface area contributed by atoms with E-state index in [-0.39, 0.29) is 58.4 Å². The zero-order valence-electron chi connectivity index (χ0n) is 20.2. The summed E-state index contributed by atoms with van der Waals surface area (Å²) in [5, 5.41) is 30.2. The Morgan fingerprint density at radius 1 is 1.11 bits per heavy atom. The number of allylic oxidation sites excluding steroid dienone is 4. The Labute approximate surface area is 205 Å². The van der Waals surface area contributed by atoms with Crippen molar-refractivity contribution in [2.45, 2.75) is 46.6 Å². The summed E-state index contributed by atoms with van der Waals surface area (Å²) >= 11 is 0. The second-order valence-corrected chi connectivity index (χ2v) is 8.75. The Hall–Kier alpha value is -4.48. The molecule has 0 bridgehead atoms. The van der Waals surface area contributed by atoms with Gasteiger partial charge in [-0.3, -0.25) is 19.2 Å². The molecule has 4 rings (SSSR count). The minimum Gasteiger partial charge on any atom is -0.507 e. The number of aromatic hydroxyl groups is 2. The molecule has 1 aromatic carbocycles. The Bertz CT molecular complexity index is 1420. The molecule has 188 valence electrons. The number of phenolic OH excluding ortho intramolecular Hbond substituents is 2. The first-order chi connectivity index (χ1) is 16.9. The van der Waals surface area contributed by atoms with Crippen molar-refractivity contribution in [2.24, 2.45) is 0 Å². The summed E-state index contributed by atoms with van der Waals surface area (Å²) < 4.78 is 10.6. The van der Waals surface area contributed by atoms with Crippen LogP contribution in [0.3, 0.4) is 0 Å². The van der Waals surface area contributed by atoms with E-state index in [4.69, 9.17) is 9.26 Å². The van der Waals surface area contributed by atoms with Crippen LogP contribution in [-0.2, 0) is 26.3 Å². The normalized spacial score (nSPS) is 19.8. The van der Waals surface area contributed by atoms with Crippen LogP contribution >= 0.6 is 0 Å². The van der Waals surface area contributed by atoms with E-state index >= 15 is 0 Å². The fourth-order valence-electron chi connectivity index (χ4n) is 4.31. The molecule has 0 unspecified atom stereocenters. The van der Waals surface area contributed by atoms with E-state index in [1.54, 1.807) is 6.92 Å². The first-order valence-electron chi connectivity index (χ1n) is 11.0. The fraction of sp³-hybridized carbons (Fsp3) is 0.333. The zero-order valence-corrected chi connectivity index (χ0v) is 20.2. The minimum absolute atomic E-state index is 0.00298. The number of phenols is 2. The number of benzene rings is 1. The number of ketones is 3. The van der Waals surface area contributed by atoms with Gasteiger partial charge in [-0.1, -0.05) is 5.16 Å². The number of carbonyl (C=O) groups excluding carboxylic acids is 4. The van der Waals surface area contributed by atoms with Gasteiger partial charge in [-0.2, -0.15) is 4.98 Å². The lowest BCUT2D eigenvalue weighted by molar-refractivity contribution is -0.124. The maximum Gasteiger partial charge on any atom is 0.246 e. The predicted molar refractivity (Wildman–Crippen MR) is 122 cm³/mol. The van der Waals surface area contributed by atoms with Gasteiger partial charge in [0.15, 0.2) is 23.2 Å². The number of amides is 1. The van der Waals surface area contributed by atoms with E-state index in [0.29, 0.717) is 5.82 Å². The van der Waals surface area contributed by atoms with Crippen LogP contribution in [0.1, 0.15) is 54.0 Å². The second-order valence-electron chi connectivity index (χ2n) is 8.75. The molecule has 1 aliphatic heterocycles. The molecule has 1 atom stereocenters. The van der Waals surface area contributed by atoms with Crippen LogP contribution in [0.25, 0.3) is 0 Å². The van der Waals surface area contributed by atoms with Gasteiger partial charge in [-0.25, -0.2) is 0 Å². The summed E-state index contributed by atoms with van der Waals surface area (Å²) in [6, 6.07) is 0. The third kappa shape index (κ3) is 3.70. The number of nitrogens with one attached hydrogen (secondary N) is 2. The SMILES string of the molecule is CC(=O)c1c(O)c(C)c(O)c2c1OC1=CC(=O)/C(=C(/C)NCC(=O)NCc3nc(C)no3)C(=O)[C@@]12C. The molecule has 2 heterocycles. The minimum atomic E-state index is -1.63. The molecule has 0 spiro atoms. The Kier molecular flexibility index (Phi) is 5.91. The highest BCUT2D eigenvalue weighted by Gasteiger charge is 2.56. The van der Waals surface area contributed by atoms with Crippen molar-refractivity contribution in [3.63, 3.8) is 0 Å². The standard InChI is InChI=1S/C24H24N4O8/c1-9-20(32)18(11(3)29)22-19(21(9)33)24(5)14(35-22)6-13(30)17(23(24)34)10(2)25-7-15(31)26-8-16-27-12(4)28-36-16/h6,25,32-33H,7-8H2,1-5H3,(H,26,31)/b17-10+/t24-/m0/s1. The molecule has 12 heteroatoms. The quantitative estimate of drug-likeness (QED) is 0.256. The van der Waals surface area contributed by atoms with Gasteiger partial charge in [0.2, 0.25) is 11.8 Å². The van der Waals surface area contributed by atoms with Crippen LogP contribution in [0.5, 0.6) is 17.2 Å². The molecule has 12 nitrogen and oxygen atoms in total. The van der Waals surface area contributed by atoms with Crippen molar-refractivity contribution < 1.29 is 38.7 Å². The Morgan fingerprint density at radius 2 is 1.81 bits per heavy atom. The predicted octanol–water partition coefficient (Wildman–Crippen LogP) is 1.17. The lowest BCUT2D eigenvalue weighted by Crippen LogP contribution is -2.42. The van der Waals surface area contributed by atoms with Crippen molar-refractivity contribution >= 4 is 23.3 Å². The second kappa shape index (κ2) is 8.63. The van der Waals surface area contributed by atoms with E-state index in [2.05, 4.69) is 20.8 Å². The molecule has 0 radical (unpaired) electrons. The van der Waals surface area contributed by atoms with E-state index in [1.165, 1.54) is 27.7 Å². The number of aromatic nitrogens is 2. The van der Waals surface area contributed by atoms with Crippen LogP contribution in [0, 0.1) is 13.8 Å². The summed E-state index contributed by atoms with van der Waals surface area (Å²) in [6.45, 7) is 6.95. The molecule has 2 aromatic rings. The maximum atomic E-state index is 13.7. The van der Waals surface area contributed by atoms with Gasteiger partial charge < -0.3 is 30.1 Å². The largest absolute Gasteiger partial charge is 0.507 e. The summed E-state index contributed by atoms with van der Waals surface area (Å²) in [4.78, 5) is 55.0. The van der Waals surface area contributed by atoms with Gasteiger partial charge in [0, 0.05) is 17.3 Å². The monoisotopic (exact) mass is 496 g/mol. The molecular formula is C24H24N4O8. The molecule has 0 saturated heterocycles. The van der Waals surface area contributed by atoms with Crippen molar-refractivity contribution in [3.8, 4) is 17.2 Å². The lowest BCUT2D eigenvalue weighted by Gasteiger charge is -2.29. The Balaban J connectivity index is 1.64. The van der Waals surface area contributed by atoms with Crippen molar-refractivity contribution in [1.29, 1.82) is 0 Å². The number of Topliss-reactive ketones (excluding diaryl/α,β-unsaturated/α-hetero) is 2. The first-order valence-corrected chi connectivity index (χ1v) is 11.0. The van der Waals surface area contributed by atoms with E-state index in [9.17, 15) is 29.4 Å². The fourth-order valence-corrected chi connectivity index (χ4v) is 4.31. The van der Waals surface area contributed by atoms with Crippen LogP contribution in [0.15, 0.2) is 27.6 Å². The lowest BCUT2D eigenvalue weighted by atomic mass is 9.70. The third-order valence-corrected chi connectivity index (χ3v) is 6.28. The number of carbonyl (C=O) groups is 4. The van der Waals surface area contributed by atoms with Crippen LogP contribution < -0.4 is 15.4 Å².